The second-order valence-corrected chi connectivity index (χ2v) is 2.50. The Hall–Kier alpha value is -0.970. The van der Waals surface area contributed by atoms with Crippen molar-refractivity contribution in [2.24, 2.45) is 5.16 Å². The Balaban J connectivity index is 2.99. The first-order chi connectivity index (χ1) is 5.91. The summed E-state index contributed by atoms with van der Waals surface area (Å²) in [7, 11) is 1.56. The Morgan fingerprint density at radius 3 is 2.83 bits per heavy atom. The molecule has 0 fully saturated rings. The average Bonchev–Trinajstić information content (AvgIpc) is 2.10. The zero-order valence-corrected chi connectivity index (χ0v) is 7.97. The molecule has 2 heteroatoms. The highest BCUT2D eigenvalue weighted by Gasteiger charge is 1.85. The van der Waals surface area contributed by atoms with Gasteiger partial charge in [0.15, 0.2) is 0 Å². The normalized spacial score (nSPS) is 9.50. The number of rotatable bonds is 6. The van der Waals surface area contributed by atoms with Crippen molar-refractivity contribution in [2.45, 2.75) is 39.0 Å². The van der Waals surface area contributed by atoms with Gasteiger partial charge in [0.1, 0.15) is 7.11 Å². The van der Waals surface area contributed by atoms with Crippen molar-refractivity contribution in [3.8, 4) is 11.8 Å². The molecule has 0 aromatic heterocycles. The Morgan fingerprint density at radius 1 is 1.33 bits per heavy atom. The van der Waals surface area contributed by atoms with E-state index >= 15 is 0 Å². The highest BCUT2D eigenvalue weighted by molar-refractivity contribution is 5.55. The minimum absolute atomic E-state index is 1.01. The molecule has 0 saturated carbocycles. The third kappa shape index (κ3) is 9.03. The first-order valence-corrected chi connectivity index (χ1v) is 4.36. The van der Waals surface area contributed by atoms with Gasteiger partial charge in [-0.15, -0.1) is 11.8 Å². The minimum atomic E-state index is 1.01. The third-order valence-electron chi connectivity index (χ3n) is 1.49. The summed E-state index contributed by atoms with van der Waals surface area (Å²) >= 11 is 0. The van der Waals surface area contributed by atoms with Gasteiger partial charge < -0.3 is 4.84 Å². The Kier molecular flexibility index (Phi) is 9.22. The number of unbranched alkanes of at least 4 members (excludes halogenated alkanes) is 4. The predicted molar refractivity (Wildman–Crippen MR) is 52.0 cm³/mol. The first-order valence-electron chi connectivity index (χ1n) is 4.36. The van der Waals surface area contributed by atoms with Crippen molar-refractivity contribution in [3.05, 3.63) is 0 Å². The molecule has 0 amide bonds. The van der Waals surface area contributed by atoms with E-state index in [-0.39, 0.29) is 0 Å². The van der Waals surface area contributed by atoms with Crippen LogP contribution in [-0.2, 0) is 4.84 Å². The maximum absolute atomic E-state index is 4.53. The Morgan fingerprint density at radius 2 is 2.17 bits per heavy atom. The molecular formula is C10H17NO. The number of nitrogens with zero attached hydrogens (tertiary/aromatic N) is 1. The minimum Gasteiger partial charge on any atom is -0.399 e. The Labute approximate surface area is 75.0 Å². The van der Waals surface area contributed by atoms with E-state index in [1.807, 2.05) is 13.1 Å². The van der Waals surface area contributed by atoms with Gasteiger partial charge in [-0.2, -0.15) is 0 Å². The van der Waals surface area contributed by atoms with Crippen LogP contribution in [0.3, 0.4) is 0 Å². The van der Waals surface area contributed by atoms with Gasteiger partial charge in [-0.25, -0.2) is 0 Å². The highest BCUT2D eigenvalue weighted by Crippen LogP contribution is 2.00. The number of hydrogen-bond acceptors (Lipinski definition) is 2. The topological polar surface area (TPSA) is 21.6 Å². The summed E-state index contributed by atoms with van der Waals surface area (Å²) in [5.41, 5.74) is 0. The van der Waals surface area contributed by atoms with Crippen molar-refractivity contribution in [1.29, 1.82) is 0 Å². The van der Waals surface area contributed by atoms with Crippen molar-refractivity contribution >= 4 is 6.21 Å². The van der Waals surface area contributed by atoms with Crippen LogP contribution in [-0.4, -0.2) is 13.3 Å². The fraction of sp³-hybridized carbons (Fsp3) is 0.700. The average molecular weight is 167 g/mol. The van der Waals surface area contributed by atoms with E-state index < -0.39 is 0 Å². The van der Waals surface area contributed by atoms with Gasteiger partial charge in [0.25, 0.3) is 0 Å². The summed E-state index contributed by atoms with van der Waals surface area (Å²) < 4.78 is 0. The fourth-order valence-electron chi connectivity index (χ4n) is 0.878. The smallest absolute Gasteiger partial charge is 0.106 e. The zero-order valence-electron chi connectivity index (χ0n) is 7.97. The molecule has 0 radical (unpaired) electrons. The van der Waals surface area contributed by atoms with Crippen LogP contribution in [0.5, 0.6) is 0 Å². The highest BCUT2D eigenvalue weighted by atomic mass is 16.6. The predicted octanol–water partition coefficient (Wildman–Crippen LogP) is 2.59. The second kappa shape index (κ2) is 10.0. The van der Waals surface area contributed by atoms with Gasteiger partial charge in [-0.3, -0.25) is 0 Å². The van der Waals surface area contributed by atoms with Crippen LogP contribution in [0, 0.1) is 11.8 Å². The molecule has 0 saturated heterocycles. The van der Waals surface area contributed by atoms with Crippen molar-refractivity contribution in [2.75, 3.05) is 7.11 Å². The van der Waals surface area contributed by atoms with E-state index in [1.54, 1.807) is 7.11 Å². The molecule has 0 aromatic carbocycles. The first kappa shape index (κ1) is 11.0. The van der Waals surface area contributed by atoms with Crippen LogP contribution in [0.2, 0.25) is 0 Å². The summed E-state index contributed by atoms with van der Waals surface area (Å²) in [6.45, 7) is 1.88. The number of hydrogen-bond donors (Lipinski definition) is 0. The van der Waals surface area contributed by atoms with Crippen LogP contribution in [0.15, 0.2) is 5.16 Å². The summed E-state index contributed by atoms with van der Waals surface area (Å²) in [6, 6.07) is 0. The molecule has 2 nitrogen and oxygen atoms in total. The van der Waals surface area contributed by atoms with Crippen molar-refractivity contribution in [1.82, 2.24) is 0 Å². The second-order valence-electron chi connectivity index (χ2n) is 2.50. The van der Waals surface area contributed by atoms with E-state index in [9.17, 15) is 0 Å². The summed E-state index contributed by atoms with van der Waals surface area (Å²) in [6.07, 6.45) is 7.45. The maximum atomic E-state index is 4.53. The van der Waals surface area contributed by atoms with Crippen LogP contribution in [0.1, 0.15) is 39.0 Å². The quantitative estimate of drug-likeness (QED) is 0.258. The molecular weight excluding hydrogens is 150 g/mol. The van der Waals surface area contributed by atoms with E-state index in [4.69, 9.17) is 0 Å². The summed E-state index contributed by atoms with van der Waals surface area (Å²) in [5, 5.41) is 3.65. The van der Waals surface area contributed by atoms with Gasteiger partial charge in [0, 0.05) is 12.6 Å². The molecule has 0 aliphatic carbocycles. The zero-order chi connectivity index (χ0) is 9.07. The van der Waals surface area contributed by atoms with Gasteiger partial charge in [-0.1, -0.05) is 11.6 Å². The molecule has 0 rings (SSSR count). The monoisotopic (exact) mass is 167 g/mol. The van der Waals surface area contributed by atoms with E-state index in [2.05, 4.69) is 21.8 Å². The van der Waals surface area contributed by atoms with Crippen molar-refractivity contribution in [3.63, 3.8) is 0 Å². The molecule has 0 N–H and O–H groups in total. The van der Waals surface area contributed by atoms with Gasteiger partial charge in [0.05, 0.1) is 0 Å². The van der Waals surface area contributed by atoms with Crippen LogP contribution in [0.25, 0.3) is 0 Å². The molecule has 0 aromatic rings. The Bertz CT molecular complexity index is 164. The largest absolute Gasteiger partial charge is 0.399 e. The number of oxime groups is 1. The van der Waals surface area contributed by atoms with E-state index in [0.717, 1.165) is 12.8 Å². The molecule has 68 valence electrons. The third-order valence-corrected chi connectivity index (χ3v) is 1.49. The van der Waals surface area contributed by atoms with Crippen LogP contribution < -0.4 is 0 Å². The summed E-state index contributed by atoms with van der Waals surface area (Å²) in [4.78, 5) is 4.53. The lowest BCUT2D eigenvalue weighted by molar-refractivity contribution is 0.214. The molecule has 0 spiro atoms. The standard InChI is InChI=1S/C10H17NO/c1-3-4-5-6-7-8-9-10-11-12-2/h10H,5-9H2,1-2H3. The molecule has 0 heterocycles. The van der Waals surface area contributed by atoms with Crippen LogP contribution in [0.4, 0.5) is 0 Å². The summed E-state index contributed by atoms with van der Waals surface area (Å²) in [5.74, 6) is 5.92. The molecule has 0 bridgehead atoms. The maximum Gasteiger partial charge on any atom is 0.106 e. The lowest BCUT2D eigenvalue weighted by Gasteiger charge is -1.92. The lowest BCUT2D eigenvalue weighted by Crippen LogP contribution is -1.79. The van der Waals surface area contributed by atoms with Gasteiger partial charge in [0.2, 0.25) is 0 Å². The molecule has 0 aliphatic rings. The van der Waals surface area contributed by atoms with E-state index in [1.165, 1.54) is 19.3 Å². The van der Waals surface area contributed by atoms with E-state index in [0.29, 0.717) is 0 Å². The SMILES string of the molecule is CC#CCCCCCC=NOC. The van der Waals surface area contributed by atoms with Gasteiger partial charge >= 0.3 is 0 Å². The lowest BCUT2D eigenvalue weighted by atomic mass is 10.1. The molecule has 0 atom stereocenters. The molecule has 0 unspecified atom stereocenters. The fourth-order valence-corrected chi connectivity index (χ4v) is 0.878. The van der Waals surface area contributed by atoms with Crippen LogP contribution >= 0.6 is 0 Å². The molecule has 12 heavy (non-hydrogen) atoms. The van der Waals surface area contributed by atoms with Gasteiger partial charge in [-0.05, 0) is 26.2 Å². The van der Waals surface area contributed by atoms with Crippen molar-refractivity contribution < 1.29 is 4.84 Å². The molecule has 0 aliphatic heterocycles.